The summed E-state index contributed by atoms with van der Waals surface area (Å²) >= 11 is 6.07. The smallest absolute Gasteiger partial charge is 0.103 e. The summed E-state index contributed by atoms with van der Waals surface area (Å²) in [5.74, 6) is 0. The molecule has 1 aromatic rings. The number of aliphatic hydroxyl groups excluding tert-OH is 1. The molecule has 0 amide bonds. The summed E-state index contributed by atoms with van der Waals surface area (Å²) in [6.45, 7) is 0.998. The molecule has 0 aromatic heterocycles. The number of hydrogen-bond donors (Lipinski definition) is 1. The van der Waals surface area contributed by atoms with Gasteiger partial charge < -0.3 is 10.0 Å². The van der Waals surface area contributed by atoms with Crippen LogP contribution in [0.2, 0.25) is 5.02 Å². The van der Waals surface area contributed by atoms with Crippen LogP contribution in [-0.4, -0.2) is 24.3 Å². The van der Waals surface area contributed by atoms with Gasteiger partial charge in [0.05, 0.1) is 28.9 Å². The average molecular weight is 265 g/mol. The molecule has 0 spiro atoms. The molecule has 18 heavy (non-hydrogen) atoms. The lowest BCUT2D eigenvalue weighted by Crippen LogP contribution is -2.38. The van der Waals surface area contributed by atoms with Gasteiger partial charge in [0.1, 0.15) is 6.07 Å². The molecule has 0 aliphatic carbocycles. The van der Waals surface area contributed by atoms with Crippen LogP contribution in [0.5, 0.6) is 0 Å². The van der Waals surface area contributed by atoms with Crippen molar-refractivity contribution in [3.63, 3.8) is 0 Å². The number of anilines is 1. The predicted octanol–water partition coefficient (Wildman–Crippen LogP) is 2.95. The molecule has 1 fully saturated rings. The van der Waals surface area contributed by atoms with Crippen LogP contribution < -0.4 is 4.90 Å². The molecule has 1 N–H and O–H groups in total. The van der Waals surface area contributed by atoms with E-state index in [2.05, 4.69) is 11.0 Å². The van der Waals surface area contributed by atoms with Gasteiger partial charge in [0.2, 0.25) is 0 Å². The molecular weight excluding hydrogens is 248 g/mol. The van der Waals surface area contributed by atoms with E-state index in [4.69, 9.17) is 11.6 Å². The zero-order valence-corrected chi connectivity index (χ0v) is 11.0. The van der Waals surface area contributed by atoms with Crippen molar-refractivity contribution < 1.29 is 5.11 Å². The fraction of sp³-hybridized carbons (Fsp3) is 0.500. The number of nitriles is 1. The lowest BCUT2D eigenvalue weighted by molar-refractivity contribution is 0.255. The Kier molecular flexibility index (Phi) is 4.46. The molecule has 1 unspecified atom stereocenters. The van der Waals surface area contributed by atoms with Gasteiger partial charge in [-0.05, 0) is 25.0 Å². The van der Waals surface area contributed by atoms with Gasteiger partial charge in [-0.15, -0.1) is 0 Å². The van der Waals surface area contributed by atoms with Crippen molar-refractivity contribution in [3.8, 4) is 6.07 Å². The normalized spacial score (nSPS) is 20.3. The van der Waals surface area contributed by atoms with Crippen LogP contribution in [0.3, 0.4) is 0 Å². The SMILES string of the molecule is N#Cc1c(Cl)cccc1N1CCCCCC1CO. The molecule has 96 valence electrons. The topological polar surface area (TPSA) is 47.3 Å². The van der Waals surface area contributed by atoms with Crippen LogP contribution in [-0.2, 0) is 0 Å². The molecule has 1 saturated heterocycles. The maximum absolute atomic E-state index is 9.52. The van der Waals surface area contributed by atoms with E-state index < -0.39 is 0 Å². The number of aliphatic hydroxyl groups is 1. The third kappa shape index (κ3) is 2.60. The van der Waals surface area contributed by atoms with E-state index in [1.165, 1.54) is 6.42 Å². The first-order chi connectivity index (χ1) is 8.77. The largest absolute Gasteiger partial charge is 0.394 e. The fourth-order valence-electron chi connectivity index (χ4n) is 2.55. The molecule has 1 heterocycles. The van der Waals surface area contributed by atoms with Crippen LogP contribution in [0.15, 0.2) is 18.2 Å². The maximum Gasteiger partial charge on any atom is 0.103 e. The van der Waals surface area contributed by atoms with Gasteiger partial charge >= 0.3 is 0 Å². The third-order valence-corrected chi connectivity index (χ3v) is 3.82. The number of hydrogen-bond acceptors (Lipinski definition) is 3. The molecule has 4 heteroatoms. The Balaban J connectivity index is 2.39. The Hall–Kier alpha value is -1.24. The molecule has 0 radical (unpaired) electrons. The lowest BCUT2D eigenvalue weighted by atomic mass is 10.1. The highest BCUT2D eigenvalue weighted by Crippen LogP contribution is 2.30. The summed E-state index contributed by atoms with van der Waals surface area (Å²) < 4.78 is 0. The fourth-order valence-corrected chi connectivity index (χ4v) is 2.76. The van der Waals surface area contributed by atoms with Gasteiger partial charge in [-0.1, -0.05) is 30.5 Å². The second kappa shape index (κ2) is 6.08. The summed E-state index contributed by atoms with van der Waals surface area (Å²) in [6.07, 6.45) is 4.36. The summed E-state index contributed by atoms with van der Waals surface area (Å²) in [4.78, 5) is 2.14. The number of nitrogens with zero attached hydrogens (tertiary/aromatic N) is 2. The van der Waals surface area contributed by atoms with Gasteiger partial charge in [-0.25, -0.2) is 0 Å². The van der Waals surface area contributed by atoms with E-state index >= 15 is 0 Å². The molecule has 1 aliphatic rings. The first-order valence-corrected chi connectivity index (χ1v) is 6.72. The minimum Gasteiger partial charge on any atom is -0.394 e. The Labute approximate surface area is 113 Å². The summed E-state index contributed by atoms with van der Waals surface area (Å²) in [5, 5.41) is 19.2. The third-order valence-electron chi connectivity index (χ3n) is 3.50. The Morgan fingerprint density at radius 3 is 2.94 bits per heavy atom. The molecular formula is C14H17ClN2O. The summed E-state index contributed by atoms with van der Waals surface area (Å²) in [5.41, 5.74) is 1.37. The van der Waals surface area contributed by atoms with Crippen molar-refractivity contribution in [2.24, 2.45) is 0 Å². The van der Waals surface area contributed by atoms with Crippen molar-refractivity contribution in [1.82, 2.24) is 0 Å². The van der Waals surface area contributed by atoms with Crippen LogP contribution in [0.25, 0.3) is 0 Å². The lowest BCUT2D eigenvalue weighted by Gasteiger charge is -2.31. The van der Waals surface area contributed by atoms with Gasteiger partial charge in [0.15, 0.2) is 0 Å². The van der Waals surface area contributed by atoms with Gasteiger partial charge in [0.25, 0.3) is 0 Å². The molecule has 1 atom stereocenters. The quantitative estimate of drug-likeness (QED) is 0.893. The molecule has 2 rings (SSSR count). The Bertz CT molecular complexity index is 456. The number of halogens is 1. The van der Waals surface area contributed by atoms with Crippen molar-refractivity contribution >= 4 is 17.3 Å². The monoisotopic (exact) mass is 264 g/mol. The van der Waals surface area contributed by atoms with E-state index in [9.17, 15) is 10.4 Å². The Morgan fingerprint density at radius 2 is 2.22 bits per heavy atom. The van der Waals surface area contributed by atoms with Crippen LogP contribution in [0.1, 0.15) is 31.2 Å². The number of benzene rings is 1. The second-order valence-corrected chi connectivity index (χ2v) is 5.03. The van der Waals surface area contributed by atoms with Gasteiger partial charge in [-0.2, -0.15) is 5.26 Å². The first-order valence-electron chi connectivity index (χ1n) is 6.34. The van der Waals surface area contributed by atoms with E-state index in [1.807, 2.05) is 12.1 Å². The summed E-state index contributed by atoms with van der Waals surface area (Å²) in [7, 11) is 0. The van der Waals surface area contributed by atoms with E-state index in [1.54, 1.807) is 6.07 Å². The maximum atomic E-state index is 9.52. The molecule has 1 aliphatic heterocycles. The molecule has 0 bridgehead atoms. The van der Waals surface area contributed by atoms with Crippen molar-refractivity contribution in [3.05, 3.63) is 28.8 Å². The average Bonchev–Trinajstić information content (AvgIpc) is 2.63. The second-order valence-electron chi connectivity index (χ2n) is 4.62. The molecule has 3 nitrogen and oxygen atoms in total. The highest BCUT2D eigenvalue weighted by molar-refractivity contribution is 6.32. The highest BCUT2D eigenvalue weighted by Gasteiger charge is 2.23. The van der Waals surface area contributed by atoms with Crippen molar-refractivity contribution in [2.45, 2.75) is 31.7 Å². The standard InChI is InChI=1S/C14H17ClN2O/c15-13-6-4-7-14(12(13)9-16)17-8-3-1-2-5-11(17)10-18/h4,6-7,11,18H,1-3,5,8,10H2. The predicted molar refractivity (Wildman–Crippen MR) is 72.9 cm³/mol. The van der Waals surface area contributed by atoms with Crippen LogP contribution in [0.4, 0.5) is 5.69 Å². The van der Waals surface area contributed by atoms with Gasteiger partial charge in [0, 0.05) is 6.54 Å². The summed E-state index contributed by atoms with van der Waals surface area (Å²) in [6, 6.07) is 7.77. The molecule has 0 saturated carbocycles. The zero-order valence-electron chi connectivity index (χ0n) is 10.3. The van der Waals surface area contributed by atoms with E-state index in [0.29, 0.717) is 10.6 Å². The first kappa shape index (κ1) is 13.2. The Morgan fingerprint density at radius 1 is 1.39 bits per heavy atom. The molecule has 1 aromatic carbocycles. The van der Waals surface area contributed by atoms with Crippen molar-refractivity contribution in [2.75, 3.05) is 18.1 Å². The van der Waals surface area contributed by atoms with Crippen LogP contribution >= 0.6 is 11.6 Å². The van der Waals surface area contributed by atoms with Gasteiger partial charge in [-0.3, -0.25) is 0 Å². The van der Waals surface area contributed by atoms with Crippen LogP contribution in [0, 0.1) is 11.3 Å². The minimum atomic E-state index is 0.0954. The van der Waals surface area contributed by atoms with E-state index in [0.717, 1.165) is 31.5 Å². The zero-order chi connectivity index (χ0) is 13.0. The number of rotatable bonds is 2. The van der Waals surface area contributed by atoms with E-state index in [-0.39, 0.29) is 12.6 Å². The highest BCUT2D eigenvalue weighted by atomic mass is 35.5. The van der Waals surface area contributed by atoms with Crippen molar-refractivity contribution in [1.29, 1.82) is 5.26 Å². The minimum absolute atomic E-state index is 0.0954.